The summed E-state index contributed by atoms with van der Waals surface area (Å²) >= 11 is 0. The molecule has 2 aliphatic carbocycles. The Labute approximate surface area is 125 Å². The van der Waals surface area contributed by atoms with Crippen molar-refractivity contribution in [1.82, 2.24) is 0 Å². The van der Waals surface area contributed by atoms with Crippen molar-refractivity contribution >= 4 is 5.78 Å². The van der Waals surface area contributed by atoms with Gasteiger partial charge in [-0.15, -0.1) is 0 Å². The number of hydrogen-bond donors (Lipinski definition) is 0. The molecule has 2 aliphatic heterocycles. The molecule has 0 radical (unpaired) electrons. The molecule has 1 saturated carbocycles. The minimum Gasteiger partial charge on any atom is -0.373 e. The molecule has 0 N–H and O–H groups in total. The molecule has 2 saturated heterocycles. The Bertz CT molecular complexity index is 551. The van der Waals surface area contributed by atoms with E-state index in [2.05, 4.69) is 13.0 Å². The zero-order chi connectivity index (χ0) is 14.8. The molecule has 4 heteroatoms. The number of carbonyl (C=O) groups is 1. The van der Waals surface area contributed by atoms with Gasteiger partial charge in [0.1, 0.15) is 17.3 Å². The summed E-state index contributed by atoms with van der Waals surface area (Å²) in [6.45, 7) is 4.76. The maximum absolute atomic E-state index is 12.3. The summed E-state index contributed by atoms with van der Waals surface area (Å²) < 4.78 is 17.4. The number of epoxide rings is 2. The standard InChI is InChI=1S/C17H22O4/c1-10-8-12(18)14(19-3)15(17(10)9-20-17)16(2)13(21-16)7-6-11-4-5-11/h6,8,13-15H,4-5,7,9H2,1-3H3/t13-,14-,15-,16+,17-/m1/s1. The second-order valence-corrected chi connectivity index (χ2v) is 6.93. The minimum atomic E-state index is -0.459. The van der Waals surface area contributed by atoms with Gasteiger partial charge in [0.2, 0.25) is 0 Å². The number of carbonyl (C=O) groups excluding carboxylic acids is 1. The van der Waals surface area contributed by atoms with Crippen LogP contribution in [0, 0.1) is 5.92 Å². The van der Waals surface area contributed by atoms with Crippen LogP contribution in [0.25, 0.3) is 0 Å². The molecule has 4 rings (SSSR count). The highest BCUT2D eigenvalue weighted by Crippen LogP contribution is 2.59. The van der Waals surface area contributed by atoms with E-state index in [4.69, 9.17) is 14.2 Å². The van der Waals surface area contributed by atoms with E-state index in [9.17, 15) is 4.79 Å². The fourth-order valence-electron chi connectivity index (χ4n) is 3.95. The van der Waals surface area contributed by atoms with Gasteiger partial charge < -0.3 is 14.2 Å². The van der Waals surface area contributed by atoms with E-state index in [-0.39, 0.29) is 29.0 Å². The van der Waals surface area contributed by atoms with Crippen molar-refractivity contribution in [2.45, 2.75) is 56.5 Å². The van der Waals surface area contributed by atoms with Gasteiger partial charge in [-0.1, -0.05) is 11.6 Å². The number of ether oxygens (including phenoxy) is 3. The molecule has 3 fully saturated rings. The van der Waals surface area contributed by atoms with Crippen molar-refractivity contribution in [2.24, 2.45) is 5.92 Å². The Hall–Kier alpha value is -0.970. The molecule has 0 aromatic carbocycles. The molecule has 0 bridgehead atoms. The van der Waals surface area contributed by atoms with Crippen molar-refractivity contribution in [1.29, 1.82) is 0 Å². The largest absolute Gasteiger partial charge is 0.373 e. The molecule has 1 spiro atoms. The Morgan fingerprint density at radius 1 is 1.48 bits per heavy atom. The van der Waals surface area contributed by atoms with Crippen LogP contribution >= 0.6 is 0 Å². The normalized spacial score (nSPS) is 47.4. The first kappa shape index (κ1) is 13.7. The minimum absolute atomic E-state index is 0.0390. The van der Waals surface area contributed by atoms with Crippen molar-refractivity contribution < 1.29 is 19.0 Å². The van der Waals surface area contributed by atoms with Crippen LogP contribution in [-0.4, -0.2) is 42.9 Å². The Kier molecular flexibility index (Phi) is 2.79. The third-order valence-electron chi connectivity index (χ3n) is 5.58. The van der Waals surface area contributed by atoms with Crippen LogP contribution in [0.1, 0.15) is 33.1 Å². The molecule has 0 aromatic heterocycles. The van der Waals surface area contributed by atoms with Crippen molar-refractivity contribution in [3.05, 3.63) is 23.3 Å². The van der Waals surface area contributed by atoms with Gasteiger partial charge in [0.25, 0.3) is 0 Å². The summed E-state index contributed by atoms with van der Waals surface area (Å²) in [6.07, 6.45) is 7.11. The second kappa shape index (κ2) is 4.28. The molecule has 5 atom stereocenters. The van der Waals surface area contributed by atoms with Crippen LogP contribution in [0.4, 0.5) is 0 Å². The Morgan fingerprint density at radius 2 is 2.19 bits per heavy atom. The average molecular weight is 290 g/mol. The van der Waals surface area contributed by atoms with Crippen LogP contribution in [-0.2, 0) is 19.0 Å². The first-order chi connectivity index (χ1) is 10.0. The van der Waals surface area contributed by atoms with Gasteiger partial charge in [0.15, 0.2) is 5.78 Å². The van der Waals surface area contributed by atoms with Crippen molar-refractivity contribution in [2.75, 3.05) is 13.7 Å². The molecule has 4 aliphatic rings. The fourth-order valence-corrected chi connectivity index (χ4v) is 3.95. The highest BCUT2D eigenvalue weighted by molar-refractivity contribution is 5.96. The lowest BCUT2D eigenvalue weighted by atomic mass is 9.69. The summed E-state index contributed by atoms with van der Waals surface area (Å²) in [4.78, 5) is 12.3. The number of allylic oxidation sites excluding steroid dienone is 1. The van der Waals surface area contributed by atoms with Crippen LogP contribution in [0.15, 0.2) is 23.3 Å². The van der Waals surface area contributed by atoms with E-state index in [1.807, 2.05) is 6.92 Å². The van der Waals surface area contributed by atoms with E-state index < -0.39 is 6.10 Å². The van der Waals surface area contributed by atoms with Gasteiger partial charge in [-0.05, 0) is 44.8 Å². The summed E-state index contributed by atoms with van der Waals surface area (Å²) in [6, 6.07) is 0. The average Bonchev–Trinajstić information content (AvgIpc) is 3.30. The molecule has 0 amide bonds. The lowest BCUT2D eigenvalue weighted by Crippen LogP contribution is -2.52. The third kappa shape index (κ3) is 1.96. The summed E-state index contributed by atoms with van der Waals surface area (Å²) in [7, 11) is 1.60. The molecular weight excluding hydrogens is 268 g/mol. The predicted molar refractivity (Wildman–Crippen MR) is 76.9 cm³/mol. The predicted octanol–water partition coefficient (Wildman–Crippen LogP) is 2.18. The van der Waals surface area contributed by atoms with E-state index in [1.54, 1.807) is 13.2 Å². The highest BCUT2D eigenvalue weighted by atomic mass is 16.6. The third-order valence-corrected chi connectivity index (χ3v) is 5.58. The van der Waals surface area contributed by atoms with Gasteiger partial charge >= 0.3 is 0 Å². The first-order valence-electron chi connectivity index (χ1n) is 7.76. The number of methoxy groups -OCH3 is 1. The van der Waals surface area contributed by atoms with Gasteiger partial charge in [0.05, 0.1) is 18.6 Å². The summed E-state index contributed by atoms with van der Waals surface area (Å²) in [5, 5.41) is 0. The zero-order valence-electron chi connectivity index (χ0n) is 12.8. The number of hydrogen-bond acceptors (Lipinski definition) is 4. The van der Waals surface area contributed by atoms with Crippen molar-refractivity contribution in [3.63, 3.8) is 0 Å². The maximum Gasteiger partial charge on any atom is 0.184 e. The molecule has 0 aromatic rings. The smallest absolute Gasteiger partial charge is 0.184 e. The zero-order valence-corrected chi connectivity index (χ0v) is 12.8. The highest BCUT2D eigenvalue weighted by Gasteiger charge is 2.72. The van der Waals surface area contributed by atoms with Gasteiger partial charge in [-0.3, -0.25) is 4.79 Å². The lowest BCUT2D eigenvalue weighted by molar-refractivity contribution is -0.132. The van der Waals surface area contributed by atoms with E-state index >= 15 is 0 Å². The summed E-state index contributed by atoms with van der Waals surface area (Å²) in [5.74, 6) is -0.00718. The number of ketones is 1. The number of rotatable bonds is 4. The van der Waals surface area contributed by atoms with Gasteiger partial charge in [-0.25, -0.2) is 0 Å². The maximum atomic E-state index is 12.3. The lowest BCUT2D eigenvalue weighted by Gasteiger charge is -2.36. The Balaban J connectivity index is 1.61. The summed E-state index contributed by atoms with van der Waals surface area (Å²) in [5.41, 5.74) is 1.88. The molecule has 114 valence electrons. The van der Waals surface area contributed by atoms with Crippen LogP contribution < -0.4 is 0 Å². The van der Waals surface area contributed by atoms with Gasteiger partial charge in [0, 0.05) is 7.11 Å². The van der Waals surface area contributed by atoms with Crippen LogP contribution in [0.5, 0.6) is 0 Å². The van der Waals surface area contributed by atoms with E-state index in [0.717, 1.165) is 12.0 Å². The van der Waals surface area contributed by atoms with Crippen LogP contribution in [0.3, 0.4) is 0 Å². The molecule has 4 nitrogen and oxygen atoms in total. The van der Waals surface area contributed by atoms with Crippen molar-refractivity contribution in [3.8, 4) is 0 Å². The van der Waals surface area contributed by atoms with E-state index in [0.29, 0.717) is 6.61 Å². The molecule has 0 unspecified atom stereocenters. The monoisotopic (exact) mass is 290 g/mol. The quantitative estimate of drug-likeness (QED) is 0.588. The first-order valence-corrected chi connectivity index (χ1v) is 7.76. The molecule has 21 heavy (non-hydrogen) atoms. The SMILES string of the molecule is CO[C@@H]1C(=O)C=C(C)[C@]2(CO2)[C@H]1[C@@]1(C)O[C@@H]1CC=C1CC1. The molecular formula is C17H22O4. The fraction of sp³-hybridized carbons (Fsp3) is 0.706. The van der Waals surface area contributed by atoms with E-state index in [1.165, 1.54) is 18.4 Å². The Morgan fingerprint density at radius 3 is 2.76 bits per heavy atom. The van der Waals surface area contributed by atoms with Crippen LogP contribution in [0.2, 0.25) is 0 Å². The van der Waals surface area contributed by atoms with Gasteiger partial charge in [-0.2, -0.15) is 0 Å². The second-order valence-electron chi connectivity index (χ2n) is 6.93. The molecule has 2 heterocycles. The topological polar surface area (TPSA) is 51.4 Å².